The zero-order valence-corrected chi connectivity index (χ0v) is 26.4. The summed E-state index contributed by atoms with van der Waals surface area (Å²) in [7, 11) is 4.40. The van der Waals surface area contributed by atoms with Gasteiger partial charge in [-0.25, -0.2) is 0 Å². The fourth-order valence-corrected chi connectivity index (χ4v) is 11.0. The minimum absolute atomic E-state index is 0. The van der Waals surface area contributed by atoms with E-state index in [9.17, 15) is 19.8 Å². The molecule has 4 heterocycles. The largest absolute Gasteiger partial charge is 0.504 e. The van der Waals surface area contributed by atoms with Gasteiger partial charge in [0.1, 0.15) is 0 Å². The van der Waals surface area contributed by atoms with Crippen molar-refractivity contribution in [2.75, 3.05) is 27.2 Å². The predicted molar refractivity (Wildman–Crippen MR) is 164 cm³/mol. The molecule has 0 unspecified atom stereocenters. The number of halogens is 1. The summed E-state index contributed by atoms with van der Waals surface area (Å²) in [6.07, 6.45) is 6.37. The molecular weight excluding hydrogens is 612 g/mol. The number of hydrogen-bond donors (Lipinski definition) is 2. The van der Waals surface area contributed by atoms with Crippen molar-refractivity contribution in [2.45, 2.75) is 86.5 Å². The zero-order chi connectivity index (χ0) is 28.7. The van der Waals surface area contributed by atoms with Gasteiger partial charge in [-0.2, -0.15) is 0 Å². The SMILES string of the molecule is Br.CN1CC[C@]23c4c5ccc(O)c4O[C@H]2C(=O)CC[C@H]3[C@H]1C5.CN1CC[C@]23c4c5ccc(O)c4O[C@H]2C(=O)CC[C@H]3[C@H]1C5. The molecule has 8 atom stereocenters. The van der Waals surface area contributed by atoms with E-state index in [-0.39, 0.29) is 63.1 Å². The first-order valence-electron chi connectivity index (χ1n) is 15.8. The summed E-state index contributed by atoms with van der Waals surface area (Å²) in [6, 6.07) is 8.51. The molecule has 4 bridgehead atoms. The molecule has 4 aliphatic heterocycles. The highest BCUT2D eigenvalue weighted by Crippen LogP contribution is 2.64. The van der Waals surface area contributed by atoms with E-state index in [0.29, 0.717) is 48.3 Å². The highest BCUT2D eigenvalue weighted by atomic mass is 79.9. The smallest absolute Gasteiger partial charge is 0.174 e. The second kappa shape index (κ2) is 9.21. The lowest BCUT2D eigenvalue weighted by atomic mass is 9.52. The summed E-state index contributed by atoms with van der Waals surface area (Å²) in [5.74, 6) is 2.99. The first-order chi connectivity index (χ1) is 20.3. The van der Waals surface area contributed by atoms with Crippen LogP contribution in [0, 0.1) is 11.8 Å². The number of nitrogens with zero attached hydrogens (tertiary/aromatic N) is 2. The standard InChI is InChI=1S/2C17H19NO3.BrH/c2*1-18-7-6-17-10-3-5-13(20)16(17)21-15-12(19)4-2-9(14(15)17)8-11(10)18;/h2*2,4,10-11,16,19H,3,5-8H2,1H3;1H/t2*10-,11+,16-,17-;/m00./s1. The highest BCUT2D eigenvalue weighted by molar-refractivity contribution is 8.93. The summed E-state index contributed by atoms with van der Waals surface area (Å²) in [4.78, 5) is 29.9. The second-order valence-corrected chi connectivity index (χ2v) is 14.2. The van der Waals surface area contributed by atoms with Crippen LogP contribution >= 0.6 is 17.0 Å². The lowest BCUT2D eigenvalue weighted by molar-refractivity contribution is -0.138. The number of piperidine rings is 2. The summed E-state index contributed by atoms with van der Waals surface area (Å²) in [5, 5.41) is 20.4. The molecule has 43 heavy (non-hydrogen) atoms. The number of ketones is 2. The first kappa shape index (κ1) is 27.9. The number of aromatic hydroxyl groups is 2. The van der Waals surface area contributed by atoms with Gasteiger partial charge in [-0.1, -0.05) is 12.1 Å². The predicted octanol–water partition coefficient (Wildman–Crippen LogP) is 3.84. The summed E-state index contributed by atoms with van der Waals surface area (Å²) < 4.78 is 12.1. The summed E-state index contributed by atoms with van der Waals surface area (Å²) in [5.41, 5.74) is 4.52. The minimum atomic E-state index is -0.366. The van der Waals surface area contributed by atoms with Crippen molar-refractivity contribution in [3.8, 4) is 23.0 Å². The average molecular weight is 652 g/mol. The van der Waals surface area contributed by atoms with E-state index in [4.69, 9.17) is 9.47 Å². The Morgan fingerprint density at radius 2 is 1.14 bits per heavy atom. The number of rotatable bonds is 0. The molecule has 8 nitrogen and oxygen atoms in total. The Kier molecular flexibility index (Phi) is 5.97. The van der Waals surface area contributed by atoms with Crippen LogP contribution in [0.1, 0.15) is 60.8 Å². The van der Waals surface area contributed by atoms with Gasteiger partial charge in [0, 0.05) is 46.9 Å². The highest BCUT2D eigenvalue weighted by Gasteiger charge is 2.67. The van der Waals surface area contributed by atoms with Crippen LogP contribution in [0.15, 0.2) is 24.3 Å². The zero-order valence-electron chi connectivity index (χ0n) is 24.7. The van der Waals surface area contributed by atoms with Crippen molar-refractivity contribution in [1.29, 1.82) is 0 Å². The molecule has 4 aliphatic carbocycles. The third-order valence-electron chi connectivity index (χ3n) is 12.8. The van der Waals surface area contributed by atoms with E-state index in [1.54, 1.807) is 12.1 Å². The molecule has 2 N–H and O–H groups in total. The Labute approximate surface area is 262 Å². The van der Waals surface area contributed by atoms with Crippen molar-refractivity contribution in [3.05, 3.63) is 46.5 Å². The maximum absolute atomic E-state index is 12.5. The number of hydrogen-bond acceptors (Lipinski definition) is 8. The Balaban J connectivity index is 0.000000126. The van der Waals surface area contributed by atoms with E-state index in [2.05, 4.69) is 23.9 Å². The molecule has 4 fully saturated rings. The van der Waals surface area contributed by atoms with Crippen molar-refractivity contribution in [3.63, 3.8) is 0 Å². The fraction of sp³-hybridized carbons (Fsp3) is 0.588. The number of benzene rings is 2. The van der Waals surface area contributed by atoms with E-state index >= 15 is 0 Å². The maximum Gasteiger partial charge on any atom is 0.174 e. The molecule has 2 aromatic rings. The third-order valence-corrected chi connectivity index (χ3v) is 12.8. The molecule has 228 valence electrons. The Bertz CT molecular complexity index is 1460. The molecule has 2 saturated carbocycles. The van der Waals surface area contributed by atoms with Gasteiger partial charge in [-0.3, -0.25) is 9.59 Å². The second-order valence-electron chi connectivity index (χ2n) is 14.2. The maximum atomic E-state index is 12.5. The molecule has 0 amide bonds. The van der Waals surface area contributed by atoms with Crippen LogP contribution in [0.2, 0.25) is 0 Å². The average Bonchev–Trinajstić information content (AvgIpc) is 3.52. The topological polar surface area (TPSA) is 99.5 Å². The molecule has 8 aliphatic rings. The van der Waals surface area contributed by atoms with Gasteiger partial charge < -0.3 is 29.5 Å². The number of likely N-dealkylation sites (tertiary alicyclic amines) is 2. The molecule has 10 rings (SSSR count). The molecule has 0 aromatic heterocycles. The van der Waals surface area contributed by atoms with Crippen LogP contribution in [0.5, 0.6) is 23.0 Å². The normalized spacial score (nSPS) is 38.9. The van der Waals surface area contributed by atoms with Crippen LogP contribution in [-0.4, -0.2) is 83.1 Å². The lowest BCUT2D eigenvalue weighted by Gasteiger charge is -2.57. The van der Waals surface area contributed by atoms with Crippen molar-refractivity contribution >= 4 is 28.5 Å². The van der Waals surface area contributed by atoms with Gasteiger partial charge in [0.25, 0.3) is 0 Å². The molecule has 2 aromatic carbocycles. The van der Waals surface area contributed by atoms with Gasteiger partial charge in [-0.05, 0) is 101 Å². The number of likely N-dealkylation sites (N-methyl/N-ethyl adjacent to an activating group) is 2. The lowest BCUT2D eigenvalue weighted by Crippen LogP contribution is -2.65. The van der Waals surface area contributed by atoms with Crippen LogP contribution in [0.4, 0.5) is 0 Å². The minimum Gasteiger partial charge on any atom is -0.504 e. The molecule has 9 heteroatoms. The molecule has 0 radical (unpaired) electrons. The van der Waals surface area contributed by atoms with E-state index < -0.39 is 0 Å². The quantitative estimate of drug-likeness (QED) is 0.444. The number of phenols is 2. The Hall–Kier alpha value is -2.62. The number of Topliss-reactive ketones (excluding diaryl/α,β-unsaturated/α-hetero) is 2. The van der Waals surface area contributed by atoms with Crippen LogP contribution < -0.4 is 9.47 Å². The number of carbonyl (C=O) groups is 2. The summed E-state index contributed by atoms with van der Waals surface area (Å²) in [6.45, 7) is 2.01. The van der Waals surface area contributed by atoms with Crippen LogP contribution in [0.25, 0.3) is 0 Å². The Morgan fingerprint density at radius 1 is 0.721 bits per heavy atom. The van der Waals surface area contributed by atoms with Crippen molar-refractivity contribution in [2.24, 2.45) is 11.8 Å². The monoisotopic (exact) mass is 650 g/mol. The van der Waals surface area contributed by atoms with Gasteiger partial charge in [0.05, 0.1) is 0 Å². The van der Waals surface area contributed by atoms with Gasteiger partial charge >= 0.3 is 0 Å². The van der Waals surface area contributed by atoms with Crippen molar-refractivity contribution in [1.82, 2.24) is 9.80 Å². The number of carbonyl (C=O) groups excluding carboxylic acids is 2. The first-order valence-corrected chi connectivity index (χ1v) is 15.8. The van der Waals surface area contributed by atoms with Gasteiger partial charge in [0.2, 0.25) is 0 Å². The third kappa shape index (κ3) is 3.29. The van der Waals surface area contributed by atoms with E-state index in [0.717, 1.165) is 62.7 Å². The Morgan fingerprint density at radius 3 is 1.56 bits per heavy atom. The summed E-state index contributed by atoms with van der Waals surface area (Å²) >= 11 is 0. The van der Waals surface area contributed by atoms with Gasteiger partial charge in [0.15, 0.2) is 46.8 Å². The van der Waals surface area contributed by atoms with Crippen molar-refractivity contribution < 1.29 is 29.3 Å². The van der Waals surface area contributed by atoms with Crippen LogP contribution in [-0.2, 0) is 33.3 Å². The molecular formula is C34H39BrN2O6. The van der Waals surface area contributed by atoms with Crippen LogP contribution in [0.3, 0.4) is 0 Å². The number of phenolic OH excluding ortho intramolecular Hbond substituents is 2. The number of ether oxygens (including phenoxy) is 2. The molecule has 2 saturated heterocycles. The molecule has 2 spiro atoms. The van der Waals surface area contributed by atoms with Gasteiger partial charge in [-0.15, -0.1) is 17.0 Å². The van der Waals surface area contributed by atoms with E-state index in [1.807, 2.05) is 12.1 Å². The van der Waals surface area contributed by atoms with E-state index in [1.165, 1.54) is 11.1 Å². The fourth-order valence-electron chi connectivity index (χ4n) is 11.0.